The lowest BCUT2D eigenvalue weighted by Crippen LogP contribution is -3.12. The molecule has 35 heavy (non-hydrogen) atoms. The lowest BCUT2D eigenvalue weighted by molar-refractivity contribution is -0.895. The number of likely N-dealkylation sites (tertiary alicyclic amines) is 1. The Bertz CT molecular complexity index is 1120. The van der Waals surface area contributed by atoms with Gasteiger partial charge in [-0.25, -0.2) is 0 Å². The van der Waals surface area contributed by atoms with Crippen LogP contribution in [0.4, 0.5) is 0 Å². The molecule has 0 aliphatic carbocycles. The number of ketones is 1. The molecule has 3 rings (SSSR count). The van der Waals surface area contributed by atoms with Crippen molar-refractivity contribution in [2.75, 3.05) is 47.5 Å². The monoisotopic (exact) mass is 482 g/mol. The molecule has 8 nitrogen and oxygen atoms in total. The molecule has 1 atom stereocenters. The number of nitrogens with one attached hydrogen (secondary N) is 1. The predicted octanol–water partition coefficient (Wildman–Crippen LogP) is 1.17. The molecular formula is C27H34N2O6. The number of aryl methyl sites for hydroxylation is 1. The zero-order chi connectivity index (χ0) is 25.7. The summed E-state index contributed by atoms with van der Waals surface area (Å²) in [6.07, 6.45) is 0. The van der Waals surface area contributed by atoms with Gasteiger partial charge in [-0.2, -0.15) is 0 Å². The molecular weight excluding hydrogens is 448 g/mol. The zero-order valence-corrected chi connectivity index (χ0v) is 21.3. The smallest absolute Gasteiger partial charge is 0.295 e. The van der Waals surface area contributed by atoms with E-state index in [1.54, 1.807) is 43.5 Å². The molecule has 2 aromatic carbocycles. The van der Waals surface area contributed by atoms with E-state index in [2.05, 4.69) is 13.8 Å². The predicted molar refractivity (Wildman–Crippen MR) is 131 cm³/mol. The van der Waals surface area contributed by atoms with Crippen LogP contribution in [-0.4, -0.2) is 64.1 Å². The number of carbonyl (C=O) groups is 2. The molecule has 0 aromatic heterocycles. The minimum absolute atomic E-state index is 0.0827. The van der Waals surface area contributed by atoms with Gasteiger partial charge in [-0.15, -0.1) is 0 Å². The maximum atomic E-state index is 13.7. The second kappa shape index (κ2) is 11.3. The van der Waals surface area contributed by atoms with Crippen LogP contribution in [0.25, 0.3) is 5.76 Å². The Morgan fingerprint density at radius 3 is 2.20 bits per heavy atom. The van der Waals surface area contributed by atoms with E-state index in [0.717, 1.165) is 18.7 Å². The van der Waals surface area contributed by atoms with Crippen molar-refractivity contribution in [2.24, 2.45) is 0 Å². The van der Waals surface area contributed by atoms with E-state index in [9.17, 15) is 14.7 Å². The second-order valence-electron chi connectivity index (χ2n) is 8.47. The van der Waals surface area contributed by atoms with Crippen LogP contribution in [0.3, 0.4) is 0 Å². The highest BCUT2D eigenvalue weighted by Crippen LogP contribution is 2.43. The summed E-state index contributed by atoms with van der Waals surface area (Å²) in [5.41, 5.74) is 1.53. The van der Waals surface area contributed by atoms with Gasteiger partial charge in [0, 0.05) is 11.1 Å². The molecule has 0 radical (unpaired) electrons. The second-order valence-corrected chi connectivity index (χ2v) is 8.47. The van der Waals surface area contributed by atoms with Gasteiger partial charge in [0.1, 0.15) is 17.2 Å². The summed E-state index contributed by atoms with van der Waals surface area (Å²) < 4.78 is 16.3. The molecule has 1 amide bonds. The quantitative estimate of drug-likeness (QED) is 0.311. The third-order valence-electron chi connectivity index (χ3n) is 6.62. The first-order chi connectivity index (χ1) is 16.8. The number of carbonyl (C=O) groups excluding carboxylic acids is 2. The van der Waals surface area contributed by atoms with Crippen LogP contribution in [0.1, 0.15) is 36.6 Å². The van der Waals surface area contributed by atoms with Crippen molar-refractivity contribution >= 4 is 17.4 Å². The molecule has 2 aromatic rings. The minimum Gasteiger partial charge on any atom is -0.872 e. The number of nitrogens with zero attached hydrogens (tertiary/aromatic N) is 1. The normalized spacial score (nSPS) is 17.2. The van der Waals surface area contributed by atoms with Gasteiger partial charge >= 0.3 is 0 Å². The molecule has 1 N–H and O–H groups in total. The average Bonchev–Trinajstić information content (AvgIpc) is 3.13. The Kier molecular flexibility index (Phi) is 8.40. The zero-order valence-electron chi connectivity index (χ0n) is 21.3. The number of methoxy groups -OCH3 is 3. The van der Waals surface area contributed by atoms with Gasteiger partial charge < -0.3 is 29.1 Å². The summed E-state index contributed by atoms with van der Waals surface area (Å²) in [4.78, 5) is 29.3. The van der Waals surface area contributed by atoms with E-state index < -0.39 is 23.5 Å². The highest BCUT2D eigenvalue weighted by atomic mass is 16.5. The number of likely N-dealkylation sites (N-methyl/N-ethyl adjacent to an activating group) is 1. The van der Waals surface area contributed by atoms with Crippen LogP contribution in [0.15, 0.2) is 42.0 Å². The highest BCUT2D eigenvalue weighted by molar-refractivity contribution is 6.46. The number of hydrogen-bond donors (Lipinski definition) is 1. The summed E-state index contributed by atoms with van der Waals surface area (Å²) in [7, 11) is 4.61. The Morgan fingerprint density at radius 2 is 1.63 bits per heavy atom. The van der Waals surface area contributed by atoms with E-state index in [-0.39, 0.29) is 5.57 Å². The molecule has 8 heteroatoms. The van der Waals surface area contributed by atoms with Crippen molar-refractivity contribution in [3.8, 4) is 17.2 Å². The van der Waals surface area contributed by atoms with E-state index in [0.29, 0.717) is 41.5 Å². The number of benzene rings is 2. The molecule has 1 saturated heterocycles. The lowest BCUT2D eigenvalue weighted by Gasteiger charge is -2.29. The number of Topliss-reactive ketones (excluding diaryl/α,β-unsaturated/α-hetero) is 1. The average molecular weight is 483 g/mol. The third-order valence-corrected chi connectivity index (χ3v) is 6.62. The summed E-state index contributed by atoms with van der Waals surface area (Å²) in [5, 5.41) is 13.7. The Labute approximate surface area is 206 Å². The molecule has 1 fully saturated rings. The van der Waals surface area contributed by atoms with Gasteiger partial charge in [0.15, 0.2) is 0 Å². The molecule has 1 aliphatic rings. The fraction of sp³-hybridized carbons (Fsp3) is 0.407. The SMILES string of the molecule is CC[NH+](CC)CCN1C(=O)C(=O)/C(=C(/[O-])c2ccc(OC)c(C)c2)C1c1cc(OC)ccc1OC. The van der Waals surface area contributed by atoms with Crippen LogP contribution in [0.2, 0.25) is 0 Å². The van der Waals surface area contributed by atoms with Crippen molar-refractivity contribution in [3.05, 3.63) is 58.7 Å². The number of ether oxygens (including phenoxy) is 3. The van der Waals surface area contributed by atoms with Gasteiger partial charge in [0.2, 0.25) is 5.78 Å². The van der Waals surface area contributed by atoms with Crippen LogP contribution < -0.4 is 24.2 Å². The first-order valence-electron chi connectivity index (χ1n) is 11.8. The Hall–Kier alpha value is -3.52. The lowest BCUT2D eigenvalue weighted by atomic mass is 9.94. The van der Waals surface area contributed by atoms with E-state index >= 15 is 0 Å². The number of rotatable bonds is 10. The van der Waals surface area contributed by atoms with Gasteiger partial charge in [0.25, 0.3) is 5.91 Å². The third kappa shape index (κ3) is 5.12. The molecule has 1 aliphatic heterocycles. The van der Waals surface area contributed by atoms with Crippen molar-refractivity contribution in [3.63, 3.8) is 0 Å². The maximum absolute atomic E-state index is 13.7. The minimum atomic E-state index is -0.884. The van der Waals surface area contributed by atoms with Crippen LogP contribution in [-0.2, 0) is 9.59 Å². The maximum Gasteiger partial charge on any atom is 0.295 e. The molecule has 1 unspecified atom stereocenters. The standard InChI is InChI=1S/C27H34N2O6/c1-7-28(8-2)13-14-29-24(20-16-19(33-4)10-12-22(20)35-6)23(26(31)27(29)32)25(30)18-9-11-21(34-5)17(3)15-18/h9-12,15-16,24,30H,7-8,13-14H2,1-6H3/b25-23+. The summed E-state index contributed by atoms with van der Waals surface area (Å²) >= 11 is 0. The first kappa shape index (κ1) is 26.1. The molecule has 0 bridgehead atoms. The van der Waals surface area contributed by atoms with E-state index in [4.69, 9.17) is 14.2 Å². The van der Waals surface area contributed by atoms with E-state index in [1.807, 2.05) is 6.92 Å². The number of amides is 1. The van der Waals surface area contributed by atoms with Crippen LogP contribution in [0.5, 0.6) is 17.2 Å². The Balaban J connectivity index is 2.21. The van der Waals surface area contributed by atoms with Gasteiger partial charge in [0.05, 0.1) is 53.6 Å². The van der Waals surface area contributed by atoms with E-state index in [1.165, 1.54) is 24.0 Å². The van der Waals surface area contributed by atoms with Crippen molar-refractivity contribution in [1.82, 2.24) is 4.90 Å². The fourth-order valence-electron chi connectivity index (χ4n) is 4.53. The molecule has 0 spiro atoms. The van der Waals surface area contributed by atoms with Crippen LogP contribution >= 0.6 is 0 Å². The summed E-state index contributed by atoms with van der Waals surface area (Å²) in [6.45, 7) is 8.73. The highest BCUT2D eigenvalue weighted by Gasteiger charge is 2.45. The topological polar surface area (TPSA) is 92.6 Å². The molecule has 188 valence electrons. The van der Waals surface area contributed by atoms with Gasteiger partial charge in [-0.3, -0.25) is 9.59 Å². The largest absolute Gasteiger partial charge is 0.872 e. The molecule has 0 saturated carbocycles. The first-order valence-corrected chi connectivity index (χ1v) is 11.8. The van der Waals surface area contributed by atoms with Crippen LogP contribution in [0, 0.1) is 6.92 Å². The molecule has 1 heterocycles. The van der Waals surface area contributed by atoms with Crippen molar-refractivity contribution < 1.29 is 33.8 Å². The van der Waals surface area contributed by atoms with Gasteiger partial charge in [-0.05, 0) is 62.2 Å². The summed E-state index contributed by atoms with van der Waals surface area (Å²) in [5.74, 6) is -0.312. The van der Waals surface area contributed by atoms with Crippen molar-refractivity contribution in [1.29, 1.82) is 0 Å². The number of hydrogen-bond acceptors (Lipinski definition) is 6. The van der Waals surface area contributed by atoms with Crippen molar-refractivity contribution in [2.45, 2.75) is 26.8 Å². The fourth-order valence-corrected chi connectivity index (χ4v) is 4.53. The number of quaternary nitrogens is 1. The summed E-state index contributed by atoms with van der Waals surface area (Å²) in [6, 6.07) is 9.27. The van der Waals surface area contributed by atoms with Gasteiger partial charge in [-0.1, -0.05) is 11.8 Å². The Morgan fingerprint density at radius 1 is 0.971 bits per heavy atom.